The number of rotatable bonds is 5. The topological polar surface area (TPSA) is 70.5 Å². The molecule has 1 aromatic rings. The lowest BCUT2D eigenvalue weighted by atomic mass is 9.78. The lowest BCUT2D eigenvalue weighted by Crippen LogP contribution is -2.41. The fourth-order valence-electron chi connectivity index (χ4n) is 2.86. The Bertz CT molecular complexity index is 538. The lowest BCUT2D eigenvalue weighted by Gasteiger charge is -2.32. The number of hydrogen-bond donors (Lipinski definition) is 1. The van der Waals surface area contributed by atoms with Gasteiger partial charge in [-0.2, -0.15) is 0 Å². The molecule has 0 bridgehead atoms. The van der Waals surface area contributed by atoms with Gasteiger partial charge in [0, 0.05) is 37.8 Å². The van der Waals surface area contributed by atoms with Gasteiger partial charge < -0.3 is 10.0 Å². The lowest BCUT2D eigenvalue weighted by molar-refractivity contribution is -0.154. The van der Waals surface area contributed by atoms with Crippen molar-refractivity contribution in [1.82, 2.24) is 9.88 Å². The molecular formula is C16H22N2O3. The molecule has 0 unspecified atom stereocenters. The molecule has 1 N–H and O–H groups in total. The zero-order chi connectivity index (χ0) is 15.5. The van der Waals surface area contributed by atoms with Crippen LogP contribution in [0.2, 0.25) is 0 Å². The largest absolute Gasteiger partial charge is 0.481 e. The minimum Gasteiger partial charge on any atom is -0.481 e. The van der Waals surface area contributed by atoms with Crippen LogP contribution in [0.1, 0.15) is 44.4 Å². The molecule has 1 amide bonds. The summed E-state index contributed by atoms with van der Waals surface area (Å²) in [5.41, 5.74) is 1.16. The monoisotopic (exact) mass is 290 g/mol. The van der Waals surface area contributed by atoms with Gasteiger partial charge in [-0.3, -0.25) is 14.6 Å². The highest BCUT2D eigenvalue weighted by Gasteiger charge is 2.38. The number of aromatic nitrogens is 1. The van der Waals surface area contributed by atoms with Crippen LogP contribution in [0.4, 0.5) is 0 Å². The van der Waals surface area contributed by atoms with Crippen molar-refractivity contribution < 1.29 is 14.7 Å². The van der Waals surface area contributed by atoms with E-state index >= 15 is 0 Å². The second-order valence-corrected chi connectivity index (χ2v) is 5.64. The van der Waals surface area contributed by atoms with Gasteiger partial charge in [0.15, 0.2) is 0 Å². The molecule has 5 nitrogen and oxygen atoms in total. The molecule has 21 heavy (non-hydrogen) atoms. The van der Waals surface area contributed by atoms with Gasteiger partial charge in [-0.05, 0) is 24.5 Å². The van der Waals surface area contributed by atoms with E-state index in [1.54, 1.807) is 11.1 Å². The first-order valence-corrected chi connectivity index (χ1v) is 7.46. The Morgan fingerprint density at radius 3 is 2.71 bits per heavy atom. The van der Waals surface area contributed by atoms with Crippen molar-refractivity contribution >= 4 is 11.9 Å². The Balaban J connectivity index is 2.10. The van der Waals surface area contributed by atoms with Gasteiger partial charge in [0.05, 0.1) is 5.41 Å². The number of hydrogen-bond acceptors (Lipinski definition) is 3. The third-order valence-electron chi connectivity index (χ3n) is 4.61. The molecule has 0 atom stereocenters. The molecule has 0 saturated carbocycles. The van der Waals surface area contributed by atoms with E-state index < -0.39 is 11.4 Å². The first kappa shape index (κ1) is 15.5. The highest BCUT2D eigenvalue weighted by Crippen LogP contribution is 2.32. The van der Waals surface area contributed by atoms with E-state index in [4.69, 9.17) is 0 Å². The van der Waals surface area contributed by atoms with Gasteiger partial charge in [-0.25, -0.2) is 0 Å². The van der Waals surface area contributed by atoms with Crippen molar-refractivity contribution in [2.45, 2.75) is 46.1 Å². The molecule has 0 aliphatic carbocycles. The molecule has 2 rings (SSSR count). The zero-order valence-electron chi connectivity index (χ0n) is 12.6. The van der Waals surface area contributed by atoms with Gasteiger partial charge in [0.2, 0.25) is 5.91 Å². The third-order valence-corrected chi connectivity index (χ3v) is 4.61. The van der Waals surface area contributed by atoms with Crippen LogP contribution in [0, 0.1) is 5.41 Å². The summed E-state index contributed by atoms with van der Waals surface area (Å²) in [4.78, 5) is 30.1. The van der Waals surface area contributed by atoms with E-state index in [0.29, 0.717) is 25.9 Å². The average Bonchev–Trinajstić information content (AvgIpc) is 2.51. The Morgan fingerprint density at radius 2 is 2.10 bits per heavy atom. The van der Waals surface area contributed by atoms with Crippen LogP contribution in [0.15, 0.2) is 18.3 Å². The number of carboxylic acids is 1. The van der Waals surface area contributed by atoms with Crippen LogP contribution < -0.4 is 0 Å². The summed E-state index contributed by atoms with van der Waals surface area (Å²) in [5.74, 6) is -0.949. The van der Waals surface area contributed by atoms with Gasteiger partial charge in [0.1, 0.15) is 0 Å². The van der Waals surface area contributed by atoms with Crippen LogP contribution in [0.25, 0.3) is 0 Å². The van der Waals surface area contributed by atoms with E-state index in [-0.39, 0.29) is 12.3 Å². The second-order valence-electron chi connectivity index (χ2n) is 5.64. The van der Waals surface area contributed by atoms with Gasteiger partial charge >= 0.3 is 5.97 Å². The van der Waals surface area contributed by atoms with Crippen LogP contribution >= 0.6 is 0 Å². The third kappa shape index (κ3) is 3.06. The van der Waals surface area contributed by atoms with Crippen molar-refractivity contribution in [1.29, 1.82) is 0 Å². The highest BCUT2D eigenvalue weighted by molar-refractivity contribution is 5.85. The number of nitrogens with zero attached hydrogens (tertiary/aromatic N) is 2. The maximum absolute atomic E-state index is 12.5. The SMILES string of the molecule is CCC(CC)(CC(=O)N1CCc2ncccc2C1)C(=O)O. The number of carbonyl (C=O) groups excluding carboxylic acids is 1. The minimum atomic E-state index is -0.938. The van der Waals surface area contributed by atoms with Crippen molar-refractivity contribution in [3.63, 3.8) is 0 Å². The molecule has 0 aromatic carbocycles. The molecule has 1 aliphatic rings. The molecule has 114 valence electrons. The summed E-state index contributed by atoms with van der Waals surface area (Å²) in [6.45, 7) is 4.82. The molecule has 0 radical (unpaired) electrons. The molecule has 0 fully saturated rings. The van der Waals surface area contributed by atoms with Crippen molar-refractivity contribution in [3.8, 4) is 0 Å². The van der Waals surface area contributed by atoms with E-state index in [0.717, 1.165) is 17.7 Å². The molecule has 2 heterocycles. The first-order chi connectivity index (χ1) is 10.0. The Hall–Kier alpha value is -1.91. The maximum Gasteiger partial charge on any atom is 0.310 e. The Morgan fingerprint density at radius 1 is 1.38 bits per heavy atom. The summed E-state index contributed by atoms with van der Waals surface area (Å²) in [7, 11) is 0. The second kappa shape index (κ2) is 6.24. The standard InChI is InChI=1S/C16H22N2O3/c1-3-16(4-2,15(20)21)10-14(19)18-9-7-13-12(11-18)6-5-8-17-13/h5-6,8H,3-4,7,9-11H2,1-2H3,(H,20,21). The fraction of sp³-hybridized carbons (Fsp3) is 0.562. The van der Waals surface area contributed by atoms with Gasteiger partial charge in [0.25, 0.3) is 0 Å². The highest BCUT2D eigenvalue weighted by atomic mass is 16.4. The summed E-state index contributed by atoms with van der Waals surface area (Å²) >= 11 is 0. The Labute approximate surface area is 125 Å². The number of amides is 1. The summed E-state index contributed by atoms with van der Waals surface area (Å²) in [6, 6.07) is 3.85. The summed E-state index contributed by atoms with van der Waals surface area (Å²) in [6.07, 6.45) is 3.51. The Kier molecular flexibility index (Phi) is 4.60. The first-order valence-electron chi connectivity index (χ1n) is 7.46. The molecule has 1 aromatic heterocycles. The summed E-state index contributed by atoms with van der Waals surface area (Å²) in [5, 5.41) is 9.45. The van der Waals surface area contributed by atoms with Crippen molar-refractivity contribution in [2.75, 3.05) is 6.54 Å². The van der Waals surface area contributed by atoms with E-state index in [1.165, 1.54) is 0 Å². The average molecular weight is 290 g/mol. The number of aliphatic carboxylic acids is 1. The van der Waals surface area contributed by atoms with Crippen LogP contribution in [0.3, 0.4) is 0 Å². The van der Waals surface area contributed by atoms with Gasteiger partial charge in [-0.1, -0.05) is 19.9 Å². The van der Waals surface area contributed by atoms with Crippen LogP contribution in [-0.2, 0) is 22.6 Å². The molecule has 5 heteroatoms. The van der Waals surface area contributed by atoms with Crippen molar-refractivity contribution in [3.05, 3.63) is 29.6 Å². The van der Waals surface area contributed by atoms with E-state index in [2.05, 4.69) is 4.98 Å². The number of carbonyl (C=O) groups is 2. The fourth-order valence-corrected chi connectivity index (χ4v) is 2.86. The predicted octanol–water partition coefficient (Wildman–Crippen LogP) is 2.25. The predicted molar refractivity (Wildman–Crippen MR) is 78.6 cm³/mol. The maximum atomic E-state index is 12.5. The zero-order valence-corrected chi connectivity index (χ0v) is 12.6. The molecule has 0 saturated heterocycles. The number of pyridine rings is 1. The molecule has 0 spiro atoms. The number of carboxylic acid groups (broad SMARTS) is 1. The van der Waals surface area contributed by atoms with Gasteiger partial charge in [-0.15, -0.1) is 0 Å². The summed E-state index contributed by atoms with van der Waals surface area (Å²) < 4.78 is 0. The number of fused-ring (bicyclic) bond motifs is 1. The van der Waals surface area contributed by atoms with Crippen molar-refractivity contribution in [2.24, 2.45) is 5.41 Å². The van der Waals surface area contributed by atoms with E-state index in [1.807, 2.05) is 26.0 Å². The molecular weight excluding hydrogens is 268 g/mol. The van der Waals surface area contributed by atoms with E-state index in [9.17, 15) is 14.7 Å². The van der Waals surface area contributed by atoms with Crippen LogP contribution in [-0.4, -0.2) is 33.4 Å². The normalized spacial score (nSPS) is 14.7. The minimum absolute atomic E-state index is 0.0735. The molecule has 1 aliphatic heterocycles. The smallest absolute Gasteiger partial charge is 0.310 e. The van der Waals surface area contributed by atoms with Crippen LogP contribution in [0.5, 0.6) is 0 Å². The quantitative estimate of drug-likeness (QED) is 0.903.